The highest BCUT2D eigenvalue weighted by Crippen LogP contribution is 2.17. The zero-order valence-corrected chi connectivity index (χ0v) is 13.1. The molecule has 0 aromatic carbocycles. The number of likely N-dealkylation sites (tertiary alicyclic amines) is 1. The fourth-order valence-corrected chi connectivity index (χ4v) is 2.73. The SMILES string of the molecule is CNCC1CCCN(Cc2ccn(C(C)C)n2)C1.Cl. The maximum atomic E-state index is 4.63. The van der Waals surface area contributed by atoms with Gasteiger partial charge in [-0.15, -0.1) is 12.4 Å². The van der Waals surface area contributed by atoms with Crippen LogP contribution in [0.2, 0.25) is 0 Å². The Hall–Kier alpha value is -0.580. The van der Waals surface area contributed by atoms with Crippen molar-refractivity contribution >= 4 is 12.4 Å². The number of nitrogens with one attached hydrogen (secondary N) is 1. The number of aromatic nitrogens is 2. The van der Waals surface area contributed by atoms with E-state index in [1.165, 1.54) is 31.6 Å². The molecule has 0 spiro atoms. The number of halogens is 1. The van der Waals surface area contributed by atoms with Gasteiger partial charge in [-0.25, -0.2) is 0 Å². The highest BCUT2D eigenvalue weighted by atomic mass is 35.5. The second-order valence-electron chi connectivity index (χ2n) is 5.68. The summed E-state index contributed by atoms with van der Waals surface area (Å²) >= 11 is 0. The average Bonchev–Trinajstić information content (AvgIpc) is 2.78. The summed E-state index contributed by atoms with van der Waals surface area (Å²) in [5.74, 6) is 0.802. The summed E-state index contributed by atoms with van der Waals surface area (Å²) in [6, 6.07) is 2.61. The monoisotopic (exact) mass is 286 g/mol. The van der Waals surface area contributed by atoms with Crippen LogP contribution >= 0.6 is 12.4 Å². The molecule has 2 rings (SSSR count). The highest BCUT2D eigenvalue weighted by molar-refractivity contribution is 5.85. The molecule has 4 nitrogen and oxygen atoms in total. The third-order valence-electron chi connectivity index (χ3n) is 3.67. The van der Waals surface area contributed by atoms with Crippen LogP contribution in [0, 0.1) is 5.92 Å². The first-order chi connectivity index (χ1) is 8.69. The Labute approximate surface area is 123 Å². The molecule has 1 unspecified atom stereocenters. The van der Waals surface area contributed by atoms with Gasteiger partial charge in [-0.3, -0.25) is 9.58 Å². The molecule has 1 aromatic rings. The van der Waals surface area contributed by atoms with E-state index in [0.717, 1.165) is 19.0 Å². The van der Waals surface area contributed by atoms with Crippen molar-refractivity contribution in [2.24, 2.45) is 5.92 Å². The van der Waals surface area contributed by atoms with E-state index >= 15 is 0 Å². The van der Waals surface area contributed by atoms with Crippen molar-refractivity contribution in [3.05, 3.63) is 18.0 Å². The van der Waals surface area contributed by atoms with Crippen LogP contribution in [-0.4, -0.2) is 41.4 Å². The van der Waals surface area contributed by atoms with E-state index in [1.54, 1.807) is 0 Å². The minimum atomic E-state index is 0. The molecule has 0 bridgehead atoms. The third kappa shape index (κ3) is 4.79. The van der Waals surface area contributed by atoms with Crippen LogP contribution in [-0.2, 0) is 6.54 Å². The van der Waals surface area contributed by atoms with Crippen molar-refractivity contribution in [3.63, 3.8) is 0 Å². The molecule has 5 heteroatoms. The van der Waals surface area contributed by atoms with Crippen LogP contribution in [0.3, 0.4) is 0 Å². The van der Waals surface area contributed by atoms with Gasteiger partial charge in [0, 0.05) is 25.3 Å². The minimum Gasteiger partial charge on any atom is -0.319 e. The maximum Gasteiger partial charge on any atom is 0.0764 e. The Balaban J connectivity index is 0.00000180. The van der Waals surface area contributed by atoms with Gasteiger partial charge in [-0.05, 0) is 58.8 Å². The number of piperidine rings is 1. The molecule has 0 aliphatic carbocycles. The van der Waals surface area contributed by atoms with E-state index in [1.807, 2.05) is 11.7 Å². The standard InChI is InChI=1S/C14H26N4.ClH/c1-12(2)18-8-6-14(16-18)11-17-7-4-5-13(10-17)9-15-3;/h6,8,12-13,15H,4-5,7,9-11H2,1-3H3;1H. The van der Waals surface area contributed by atoms with Crippen molar-refractivity contribution in [1.82, 2.24) is 20.0 Å². The molecule has 1 N–H and O–H groups in total. The molecule has 1 fully saturated rings. The summed E-state index contributed by atoms with van der Waals surface area (Å²) < 4.78 is 2.05. The van der Waals surface area contributed by atoms with Gasteiger partial charge in [0.25, 0.3) is 0 Å². The van der Waals surface area contributed by atoms with E-state index in [9.17, 15) is 0 Å². The topological polar surface area (TPSA) is 33.1 Å². The van der Waals surface area contributed by atoms with Gasteiger partial charge < -0.3 is 5.32 Å². The van der Waals surface area contributed by atoms with Crippen molar-refractivity contribution in [1.29, 1.82) is 0 Å². The Morgan fingerprint density at radius 3 is 2.89 bits per heavy atom. The first-order valence-corrected chi connectivity index (χ1v) is 7.10. The molecule has 1 saturated heterocycles. The van der Waals surface area contributed by atoms with E-state index in [-0.39, 0.29) is 12.4 Å². The van der Waals surface area contributed by atoms with Crippen LogP contribution in [0.15, 0.2) is 12.3 Å². The highest BCUT2D eigenvalue weighted by Gasteiger charge is 2.19. The first kappa shape index (κ1) is 16.5. The largest absolute Gasteiger partial charge is 0.319 e. The summed E-state index contributed by atoms with van der Waals surface area (Å²) in [4.78, 5) is 2.54. The first-order valence-electron chi connectivity index (χ1n) is 7.10. The van der Waals surface area contributed by atoms with Crippen LogP contribution in [0.5, 0.6) is 0 Å². The lowest BCUT2D eigenvalue weighted by atomic mass is 9.98. The lowest BCUT2D eigenvalue weighted by Crippen LogP contribution is -2.38. The zero-order chi connectivity index (χ0) is 13.0. The number of hydrogen-bond acceptors (Lipinski definition) is 3. The smallest absolute Gasteiger partial charge is 0.0764 e. The van der Waals surface area contributed by atoms with Gasteiger partial charge in [0.15, 0.2) is 0 Å². The molecule has 0 radical (unpaired) electrons. The lowest BCUT2D eigenvalue weighted by molar-refractivity contribution is 0.164. The van der Waals surface area contributed by atoms with Gasteiger partial charge in [-0.1, -0.05) is 0 Å². The number of rotatable bonds is 5. The van der Waals surface area contributed by atoms with Crippen LogP contribution in [0.25, 0.3) is 0 Å². The molecule has 0 amide bonds. The molecule has 1 atom stereocenters. The third-order valence-corrected chi connectivity index (χ3v) is 3.67. The van der Waals surface area contributed by atoms with E-state index in [2.05, 4.69) is 41.4 Å². The molecule has 0 saturated carbocycles. The molecule has 1 aliphatic heterocycles. The summed E-state index contributed by atoms with van der Waals surface area (Å²) in [6.07, 6.45) is 4.77. The molecule has 1 aromatic heterocycles. The number of hydrogen-bond donors (Lipinski definition) is 1. The summed E-state index contributed by atoms with van der Waals surface area (Å²) in [5.41, 5.74) is 1.20. The predicted octanol–water partition coefficient (Wildman–Crippen LogP) is 2.32. The fraction of sp³-hybridized carbons (Fsp3) is 0.786. The van der Waals surface area contributed by atoms with Gasteiger partial charge >= 0.3 is 0 Å². The Morgan fingerprint density at radius 1 is 1.47 bits per heavy atom. The van der Waals surface area contributed by atoms with Gasteiger partial charge in [0.1, 0.15) is 0 Å². The second kappa shape index (κ2) is 7.88. The molecule has 2 heterocycles. The Bertz CT molecular complexity index is 362. The Kier molecular flexibility index (Phi) is 6.83. The van der Waals surface area contributed by atoms with E-state index in [0.29, 0.717) is 6.04 Å². The second-order valence-corrected chi connectivity index (χ2v) is 5.68. The maximum absolute atomic E-state index is 4.63. The average molecular weight is 287 g/mol. The van der Waals surface area contributed by atoms with E-state index < -0.39 is 0 Å². The minimum absolute atomic E-state index is 0. The van der Waals surface area contributed by atoms with Crippen LogP contribution < -0.4 is 5.32 Å². The van der Waals surface area contributed by atoms with Crippen LogP contribution in [0.1, 0.15) is 38.4 Å². The fourth-order valence-electron chi connectivity index (χ4n) is 2.73. The van der Waals surface area contributed by atoms with Crippen molar-refractivity contribution in [3.8, 4) is 0 Å². The number of nitrogens with zero attached hydrogens (tertiary/aromatic N) is 3. The van der Waals surface area contributed by atoms with Gasteiger partial charge in [0.05, 0.1) is 5.69 Å². The van der Waals surface area contributed by atoms with Crippen LogP contribution in [0.4, 0.5) is 0 Å². The normalized spacial score (nSPS) is 20.5. The molecule has 1 aliphatic rings. The van der Waals surface area contributed by atoms with Crippen molar-refractivity contribution in [2.45, 2.75) is 39.3 Å². The zero-order valence-electron chi connectivity index (χ0n) is 12.3. The summed E-state index contributed by atoms with van der Waals surface area (Å²) in [7, 11) is 2.04. The molecule has 110 valence electrons. The van der Waals surface area contributed by atoms with Crippen molar-refractivity contribution in [2.75, 3.05) is 26.7 Å². The molecular weight excluding hydrogens is 260 g/mol. The molecule has 19 heavy (non-hydrogen) atoms. The summed E-state index contributed by atoms with van der Waals surface area (Å²) in [5, 5.41) is 7.93. The quantitative estimate of drug-likeness (QED) is 0.902. The van der Waals surface area contributed by atoms with Crippen molar-refractivity contribution < 1.29 is 0 Å². The van der Waals surface area contributed by atoms with Gasteiger partial charge in [0.2, 0.25) is 0 Å². The Morgan fingerprint density at radius 2 is 2.26 bits per heavy atom. The summed E-state index contributed by atoms with van der Waals surface area (Å²) in [6.45, 7) is 8.89. The van der Waals surface area contributed by atoms with E-state index in [4.69, 9.17) is 0 Å². The molecular formula is C14H27ClN4. The predicted molar refractivity (Wildman–Crippen MR) is 81.8 cm³/mol. The van der Waals surface area contributed by atoms with Gasteiger partial charge in [-0.2, -0.15) is 5.10 Å². The lowest BCUT2D eigenvalue weighted by Gasteiger charge is -2.32.